The van der Waals surface area contributed by atoms with Crippen molar-refractivity contribution in [2.24, 2.45) is 5.84 Å². The lowest BCUT2D eigenvalue weighted by Gasteiger charge is -2.02. The van der Waals surface area contributed by atoms with E-state index in [9.17, 15) is 4.79 Å². The number of benzene rings is 1. The molecule has 1 aromatic heterocycles. The lowest BCUT2D eigenvalue weighted by molar-refractivity contribution is 0.102. The number of aromatic nitrogens is 3. The Hall–Kier alpha value is -1.58. The maximum atomic E-state index is 11.9. The van der Waals surface area contributed by atoms with Crippen LogP contribution >= 0.6 is 27.7 Å². The second-order valence-corrected chi connectivity index (χ2v) is 5.40. The molecule has 19 heavy (non-hydrogen) atoms. The molecule has 2 aromatic rings. The third-order valence-corrected chi connectivity index (χ3v) is 3.76. The SMILES string of the molecule is NNc1nnc(SCC(=O)c2ccc(Br)cc2)n1N. The number of carbonyl (C=O) groups excluding carboxylic acids is 1. The summed E-state index contributed by atoms with van der Waals surface area (Å²) in [6, 6.07) is 7.15. The van der Waals surface area contributed by atoms with Crippen LogP contribution in [0, 0.1) is 0 Å². The van der Waals surface area contributed by atoms with Crippen molar-refractivity contribution in [3.05, 3.63) is 34.3 Å². The fourth-order valence-electron chi connectivity index (χ4n) is 1.32. The van der Waals surface area contributed by atoms with Crippen molar-refractivity contribution in [2.75, 3.05) is 17.0 Å². The summed E-state index contributed by atoms with van der Waals surface area (Å²) in [5.41, 5.74) is 2.94. The zero-order valence-corrected chi connectivity index (χ0v) is 12.1. The van der Waals surface area contributed by atoms with Gasteiger partial charge >= 0.3 is 0 Å². The van der Waals surface area contributed by atoms with Crippen molar-refractivity contribution in [3.63, 3.8) is 0 Å². The van der Waals surface area contributed by atoms with Gasteiger partial charge in [0, 0.05) is 10.0 Å². The first-order chi connectivity index (χ1) is 9.11. The maximum Gasteiger partial charge on any atom is 0.258 e. The summed E-state index contributed by atoms with van der Waals surface area (Å²) in [5, 5.41) is 7.94. The number of ketones is 1. The van der Waals surface area contributed by atoms with Gasteiger partial charge in [0.25, 0.3) is 5.95 Å². The first-order valence-electron chi connectivity index (χ1n) is 5.20. The number of rotatable bonds is 5. The van der Waals surface area contributed by atoms with E-state index in [1.807, 2.05) is 12.1 Å². The Kier molecular flexibility index (Phi) is 4.40. The fourth-order valence-corrected chi connectivity index (χ4v) is 2.34. The highest BCUT2D eigenvalue weighted by atomic mass is 79.9. The average Bonchev–Trinajstić information content (AvgIpc) is 2.77. The molecule has 0 fully saturated rings. The number of hydrogen-bond acceptors (Lipinski definition) is 7. The summed E-state index contributed by atoms with van der Waals surface area (Å²) < 4.78 is 2.12. The van der Waals surface area contributed by atoms with Crippen LogP contribution in [0.15, 0.2) is 33.9 Å². The number of carbonyl (C=O) groups is 1. The van der Waals surface area contributed by atoms with Gasteiger partial charge in [-0.3, -0.25) is 10.2 Å². The first-order valence-corrected chi connectivity index (χ1v) is 6.98. The van der Waals surface area contributed by atoms with Crippen LogP contribution in [0.25, 0.3) is 0 Å². The molecule has 0 bridgehead atoms. The number of hydrazine groups is 1. The van der Waals surface area contributed by atoms with E-state index in [-0.39, 0.29) is 17.5 Å². The van der Waals surface area contributed by atoms with Gasteiger partial charge in [-0.15, -0.1) is 10.2 Å². The van der Waals surface area contributed by atoms with Gasteiger partial charge in [-0.1, -0.05) is 39.8 Å². The van der Waals surface area contributed by atoms with Crippen LogP contribution in [0.4, 0.5) is 5.95 Å². The molecular formula is C10H11BrN6OS. The van der Waals surface area contributed by atoms with Crippen molar-refractivity contribution in [2.45, 2.75) is 5.16 Å². The molecule has 0 atom stereocenters. The summed E-state index contributed by atoms with van der Waals surface area (Å²) in [6.45, 7) is 0. The van der Waals surface area contributed by atoms with Crippen molar-refractivity contribution in [1.29, 1.82) is 0 Å². The minimum Gasteiger partial charge on any atom is -0.334 e. The maximum absolute atomic E-state index is 11.9. The highest BCUT2D eigenvalue weighted by molar-refractivity contribution is 9.10. The number of anilines is 1. The van der Waals surface area contributed by atoms with Gasteiger partial charge in [0.15, 0.2) is 5.78 Å². The number of Topliss-reactive ketones (excluding diaryl/α,β-unsaturated/α-hetero) is 1. The molecule has 0 aliphatic rings. The lowest BCUT2D eigenvalue weighted by atomic mass is 10.2. The standard InChI is InChI=1S/C10H11BrN6OS/c11-7-3-1-6(2-4-7)8(18)5-19-10-16-15-9(14-12)17(10)13/h1-4H,5,12-13H2,(H,14,15). The Labute approximate surface area is 121 Å². The molecule has 2 rings (SSSR count). The van der Waals surface area contributed by atoms with E-state index in [1.54, 1.807) is 12.1 Å². The predicted octanol–water partition coefficient (Wildman–Crippen LogP) is 1.02. The number of hydrogen-bond donors (Lipinski definition) is 3. The molecule has 0 unspecified atom stereocenters. The third-order valence-electron chi connectivity index (χ3n) is 2.29. The third kappa shape index (κ3) is 3.25. The van der Waals surface area contributed by atoms with E-state index in [0.29, 0.717) is 10.7 Å². The van der Waals surface area contributed by atoms with E-state index in [2.05, 4.69) is 31.6 Å². The lowest BCUT2D eigenvalue weighted by Crippen LogP contribution is -2.19. The number of halogens is 1. The van der Waals surface area contributed by atoms with Crippen LogP contribution in [0.2, 0.25) is 0 Å². The molecular weight excluding hydrogens is 332 g/mol. The molecule has 9 heteroatoms. The van der Waals surface area contributed by atoms with Crippen LogP contribution in [0.1, 0.15) is 10.4 Å². The molecule has 0 amide bonds. The second kappa shape index (κ2) is 6.04. The molecule has 1 heterocycles. The number of nitrogens with two attached hydrogens (primary N) is 2. The Morgan fingerprint density at radius 3 is 2.63 bits per heavy atom. The van der Waals surface area contributed by atoms with Crippen LogP contribution < -0.4 is 17.1 Å². The van der Waals surface area contributed by atoms with Crippen LogP contribution in [-0.4, -0.2) is 26.4 Å². The molecule has 0 saturated carbocycles. The summed E-state index contributed by atoms with van der Waals surface area (Å²) in [7, 11) is 0. The van der Waals surface area contributed by atoms with E-state index >= 15 is 0 Å². The Morgan fingerprint density at radius 1 is 1.37 bits per heavy atom. The number of nitrogen functional groups attached to an aromatic ring is 2. The minimum absolute atomic E-state index is 0.0113. The minimum atomic E-state index is -0.0113. The van der Waals surface area contributed by atoms with Crippen LogP contribution in [0.3, 0.4) is 0 Å². The zero-order valence-electron chi connectivity index (χ0n) is 9.71. The predicted molar refractivity (Wildman–Crippen MR) is 77.2 cm³/mol. The molecule has 0 radical (unpaired) electrons. The summed E-state index contributed by atoms with van der Waals surface area (Å²) in [4.78, 5) is 11.9. The normalized spacial score (nSPS) is 10.4. The molecule has 0 aliphatic heterocycles. The van der Waals surface area contributed by atoms with E-state index < -0.39 is 0 Å². The van der Waals surface area contributed by atoms with E-state index in [0.717, 1.165) is 4.47 Å². The number of nitrogens with zero attached hydrogens (tertiary/aromatic N) is 3. The monoisotopic (exact) mass is 342 g/mol. The molecule has 5 N–H and O–H groups in total. The Morgan fingerprint density at radius 2 is 2.05 bits per heavy atom. The van der Waals surface area contributed by atoms with Crippen molar-refractivity contribution in [1.82, 2.24) is 14.9 Å². The van der Waals surface area contributed by atoms with Gasteiger partial charge in [0.2, 0.25) is 5.16 Å². The van der Waals surface area contributed by atoms with Gasteiger partial charge < -0.3 is 5.84 Å². The largest absolute Gasteiger partial charge is 0.334 e. The highest BCUT2D eigenvalue weighted by Crippen LogP contribution is 2.18. The highest BCUT2D eigenvalue weighted by Gasteiger charge is 2.12. The fraction of sp³-hybridized carbons (Fsp3) is 0.100. The molecule has 100 valence electrons. The number of thioether (sulfide) groups is 1. The zero-order chi connectivity index (χ0) is 13.8. The van der Waals surface area contributed by atoms with Crippen molar-refractivity contribution in [3.8, 4) is 0 Å². The quantitative estimate of drug-likeness (QED) is 0.321. The summed E-state index contributed by atoms with van der Waals surface area (Å²) in [5.74, 6) is 11.3. The Balaban J connectivity index is 2.00. The van der Waals surface area contributed by atoms with E-state index in [4.69, 9.17) is 11.7 Å². The first kappa shape index (κ1) is 13.8. The molecule has 0 saturated heterocycles. The van der Waals surface area contributed by atoms with Gasteiger partial charge in [0.05, 0.1) is 5.75 Å². The van der Waals surface area contributed by atoms with Gasteiger partial charge in [-0.05, 0) is 12.1 Å². The van der Waals surface area contributed by atoms with Crippen LogP contribution in [-0.2, 0) is 0 Å². The summed E-state index contributed by atoms with van der Waals surface area (Å²) >= 11 is 4.51. The van der Waals surface area contributed by atoms with Gasteiger partial charge in [-0.25, -0.2) is 10.5 Å². The van der Waals surface area contributed by atoms with Crippen molar-refractivity contribution >= 4 is 39.4 Å². The average molecular weight is 343 g/mol. The van der Waals surface area contributed by atoms with E-state index in [1.165, 1.54) is 16.4 Å². The van der Waals surface area contributed by atoms with Gasteiger partial charge in [-0.2, -0.15) is 0 Å². The second-order valence-electron chi connectivity index (χ2n) is 3.54. The molecule has 0 spiro atoms. The van der Waals surface area contributed by atoms with Crippen molar-refractivity contribution < 1.29 is 4.79 Å². The smallest absolute Gasteiger partial charge is 0.258 e. The van der Waals surface area contributed by atoms with Gasteiger partial charge in [0.1, 0.15) is 0 Å². The Bertz CT molecular complexity index is 584. The molecule has 0 aliphatic carbocycles. The summed E-state index contributed by atoms with van der Waals surface area (Å²) in [6.07, 6.45) is 0. The molecule has 7 nitrogen and oxygen atoms in total. The van der Waals surface area contributed by atoms with Crippen LogP contribution in [0.5, 0.6) is 0 Å². The topological polar surface area (TPSA) is 112 Å². The molecule has 1 aromatic carbocycles. The number of nitrogens with one attached hydrogen (secondary N) is 1.